The molecular formula is C15H23F2NO. The minimum atomic E-state index is -0.668. The van der Waals surface area contributed by atoms with E-state index in [0.29, 0.717) is 5.56 Å². The fourth-order valence-electron chi connectivity index (χ4n) is 2.79. The van der Waals surface area contributed by atoms with Crippen LogP contribution in [0.25, 0.3) is 0 Å². The standard InChI is InChI=1S/C15H23F2NO/c1-5-15(6-2,18(3)4)14(19)9-11-7-12(16)10-13(17)8-11/h7-8,10,14,19H,5-6,9H2,1-4H3. The number of hydrogen-bond acceptors (Lipinski definition) is 2. The number of aliphatic hydroxyl groups is 1. The molecule has 1 atom stereocenters. The van der Waals surface area contributed by atoms with Crippen molar-refractivity contribution < 1.29 is 13.9 Å². The fraction of sp³-hybridized carbons (Fsp3) is 0.600. The number of halogens is 2. The second-order valence-corrected chi connectivity index (χ2v) is 5.20. The average molecular weight is 271 g/mol. The Morgan fingerprint density at radius 2 is 1.58 bits per heavy atom. The van der Waals surface area contributed by atoms with Gasteiger partial charge >= 0.3 is 0 Å². The van der Waals surface area contributed by atoms with Crippen LogP contribution in [0.1, 0.15) is 32.3 Å². The van der Waals surface area contributed by atoms with E-state index < -0.39 is 17.7 Å². The van der Waals surface area contributed by atoms with Gasteiger partial charge in [-0.05, 0) is 44.6 Å². The molecule has 0 saturated carbocycles. The summed E-state index contributed by atoms with van der Waals surface area (Å²) in [5, 5.41) is 10.5. The maximum absolute atomic E-state index is 13.2. The van der Waals surface area contributed by atoms with Crippen molar-refractivity contribution in [3.8, 4) is 0 Å². The Labute approximate surface area is 114 Å². The molecule has 0 fully saturated rings. The molecule has 2 nitrogen and oxygen atoms in total. The van der Waals surface area contributed by atoms with Crippen LogP contribution in [0, 0.1) is 11.6 Å². The lowest BCUT2D eigenvalue weighted by molar-refractivity contribution is -0.0126. The number of hydrogen-bond donors (Lipinski definition) is 1. The first-order valence-corrected chi connectivity index (χ1v) is 6.66. The van der Waals surface area contributed by atoms with Gasteiger partial charge in [-0.1, -0.05) is 13.8 Å². The molecule has 108 valence electrons. The molecule has 0 aliphatic heterocycles. The predicted octanol–water partition coefficient (Wildman–Crippen LogP) is 2.99. The molecule has 0 radical (unpaired) electrons. The first kappa shape index (κ1) is 16.1. The van der Waals surface area contributed by atoms with E-state index in [1.54, 1.807) is 0 Å². The highest BCUT2D eigenvalue weighted by Crippen LogP contribution is 2.28. The lowest BCUT2D eigenvalue weighted by Crippen LogP contribution is -2.53. The summed E-state index contributed by atoms with van der Waals surface area (Å²) in [5.41, 5.74) is 0.112. The van der Waals surface area contributed by atoms with Gasteiger partial charge in [0.05, 0.1) is 6.10 Å². The van der Waals surface area contributed by atoms with Crippen LogP contribution < -0.4 is 0 Å². The van der Waals surface area contributed by atoms with Crippen molar-refractivity contribution in [3.63, 3.8) is 0 Å². The second kappa shape index (κ2) is 6.44. The maximum Gasteiger partial charge on any atom is 0.126 e. The molecule has 0 aliphatic rings. The molecule has 0 bridgehead atoms. The van der Waals surface area contributed by atoms with Gasteiger partial charge in [-0.3, -0.25) is 0 Å². The quantitative estimate of drug-likeness (QED) is 0.860. The number of aliphatic hydroxyl groups excluding tert-OH is 1. The van der Waals surface area contributed by atoms with E-state index in [4.69, 9.17) is 0 Å². The van der Waals surface area contributed by atoms with Gasteiger partial charge in [0.25, 0.3) is 0 Å². The summed E-state index contributed by atoms with van der Waals surface area (Å²) in [4.78, 5) is 1.99. The molecule has 1 aromatic rings. The minimum absolute atomic E-state index is 0.245. The Morgan fingerprint density at radius 1 is 1.11 bits per heavy atom. The van der Waals surface area contributed by atoms with E-state index in [0.717, 1.165) is 18.9 Å². The SMILES string of the molecule is CCC(CC)(C(O)Cc1cc(F)cc(F)c1)N(C)C. The van der Waals surface area contributed by atoms with Crippen LogP contribution in [0.15, 0.2) is 18.2 Å². The van der Waals surface area contributed by atoms with Crippen molar-refractivity contribution in [1.82, 2.24) is 4.90 Å². The van der Waals surface area contributed by atoms with Crippen molar-refractivity contribution >= 4 is 0 Å². The summed E-state index contributed by atoms with van der Waals surface area (Å²) in [6.07, 6.45) is 1.12. The Morgan fingerprint density at radius 3 is 1.95 bits per heavy atom. The molecular weight excluding hydrogens is 248 g/mol. The molecule has 0 spiro atoms. The number of benzene rings is 1. The van der Waals surface area contributed by atoms with Gasteiger partial charge in [-0.2, -0.15) is 0 Å². The zero-order valence-electron chi connectivity index (χ0n) is 12.1. The highest BCUT2D eigenvalue weighted by Gasteiger charge is 2.36. The van der Waals surface area contributed by atoms with Crippen LogP contribution in [0.4, 0.5) is 8.78 Å². The van der Waals surface area contributed by atoms with Gasteiger partial charge in [0.2, 0.25) is 0 Å². The second-order valence-electron chi connectivity index (χ2n) is 5.20. The molecule has 1 rings (SSSR count). The third kappa shape index (κ3) is 3.51. The lowest BCUT2D eigenvalue weighted by Gasteiger charge is -2.42. The van der Waals surface area contributed by atoms with E-state index in [1.165, 1.54) is 12.1 Å². The molecule has 0 aromatic heterocycles. The molecule has 4 heteroatoms. The number of nitrogens with zero attached hydrogens (tertiary/aromatic N) is 1. The van der Waals surface area contributed by atoms with Gasteiger partial charge in [-0.15, -0.1) is 0 Å². The Bertz CT molecular complexity index is 396. The summed E-state index contributed by atoms with van der Waals surface area (Å²) in [5.74, 6) is -1.21. The Kier molecular flexibility index (Phi) is 5.44. The third-order valence-electron chi connectivity index (χ3n) is 4.09. The molecule has 0 aliphatic carbocycles. The largest absolute Gasteiger partial charge is 0.391 e. The van der Waals surface area contributed by atoms with Gasteiger partial charge in [0, 0.05) is 18.0 Å². The van der Waals surface area contributed by atoms with Crippen LogP contribution >= 0.6 is 0 Å². The van der Waals surface area contributed by atoms with E-state index in [-0.39, 0.29) is 12.0 Å². The van der Waals surface area contributed by atoms with Crippen molar-refractivity contribution in [1.29, 1.82) is 0 Å². The van der Waals surface area contributed by atoms with E-state index >= 15 is 0 Å². The van der Waals surface area contributed by atoms with Crippen LogP contribution in [-0.2, 0) is 6.42 Å². The van der Waals surface area contributed by atoms with Crippen LogP contribution in [-0.4, -0.2) is 35.7 Å². The summed E-state index contributed by atoms with van der Waals surface area (Å²) in [6, 6.07) is 3.39. The number of likely N-dealkylation sites (N-methyl/N-ethyl adjacent to an activating group) is 1. The summed E-state index contributed by atoms with van der Waals surface area (Å²) in [7, 11) is 3.84. The third-order valence-corrected chi connectivity index (χ3v) is 4.09. The molecule has 1 aromatic carbocycles. The molecule has 0 saturated heterocycles. The molecule has 19 heavy (non-hydrogen) atoms. The lowest BCUT2D eigenvalue weighted by atomic mass is 9.82. The first-order valence-electron chi connectivity index (χ1n) is 6.66. The van der Waals surface area contributed by atoms with Crippen molar-refractivity contribution in [2.75, 3.05) is 14.1 Å². The number of rotatable bonds is 6. The van der Waals surface area contributed by atoms with Gasteiger partial charge < -0.3 is 10.0 Å². The van der Waals surface area contributed by atoms with E-state index in [9.17, 15) is 13.9 Å². The van der Waals surface area contributed by atoms with Crippen LogP contribution in [0.3, 0.4) is 0 Å². The normalized spacial score (nSPS) is 13.9. The Balaban J connectivity index is 2.96. The predicted molar refractivity (Wildman–Crippen MR) is 73.1 cm³/mol. The summed E-state index contributed by atoms with van der Waals surface area (Å²) < 4.78 is 26.3. The molecule has 1 unspecified atom stereocenters. The van der Waals surface area contributed by atoms with E-state index in [1.807, 2.05) is 32.8 Å². The Hall–Kier alpha value is -1.00. The smallest absolute Gasteiger partial charge is 0.126 e. The van der Waals surface area contributed by atoms with E-state index in [2.05, 4.69) is 0 Å². The van der Waals surface area contributed by atoms with Crippen molar-refractivity contribution in [2.24, 2.45) is 0 Å². The molecule has 1 N–H and O–H groups in total. The molecule has 0 amide bonds. The average Bonchev–Trinajstić information content (AvgIpc) is 2.29. The maximum atomic E-state index is 13.2. The monoisotopic (exact) mass is 271 g/mol. The molecule has 0 heterocycles. The minimum Gasteiger partial charge on any atom is -0.391 e. The topological polar surface area (TPSA) is 23.5 Å². The van der Waals surface area contributed by atoms with Gasteiger partial charge in [0.1, 0.15) is 11.6 Å². The fourth-order valence-corrected chi connectivity index (χ4v) is 2.79. The van der Waals surface area contributed by atoms with Crippen LogP contribution in [0.2, 0.25) is 0 Å². The first-order chi connectivity index (χ1) is 8.85. The zero-order chi connectivity index (χ0) is 14.6. The van der Waals surface area contributed by atoms with Crippen LogP contribution in [0.5, 0.6) is 0 Å². The summed E-state index contributed by atoms with van der Waals surface area (Å²) >= 11 is 0. The highest BCUT2D eigenvalue weighted by molar-refractivity contribution is 5.19. The van der Waals surface area contributed by atoms with Crippen molar-refractivity contribution in [3.05, 3.63) is 35.4 Å². The zero-order valence-corrected chi connectivity index (χ0v) is 12.1. The van der Waals surface area contributed by atoms with Gasteiger partial charge in [-0.25, -0.2) is 8.78 Å². The summed E-state index contributed by atoms with van der Waals surface area (Å²) in [6.45, 7) is 4.03. The highest BCUT2D eigenvalue weighted by atomic mass is 19.1. The van der Waals surface area contributed by atoms with Crippen molar-refractivity contribution in [2.45, 2.75) is 44.8 Å². The van der Waals surface area contributed by atoms with Gasteiger partial charge in [0.15, 0.2) is 0 Å².